The molecule has 2 N–H and O–H groups in total. The van der Waals surface area contributed by atoms with Crippen molar-refractivity contribution in [2.24, 2.45) is 0 Å². The van der Waals surface area contributed by atoms with Crippen LogP contribution in [0.25, 0.3) is 11.3 Å². The van der Waals surface area contributed by atoms with E-state index in [0.29, 0.717) is 10.3 Å². The van der Waals surface area contributed by atoms with Crippen molar-refractivity contribution >= 4 is 5.95 Å². The van der Waals surface area contributed by atoms with Gasteiger partial charge in [0.25, 0.3) is 0 Å². The molecule has 4 nitrogen and oxygen atoms in total. The normalized spacial score (nSPS) is 81.7. The first-order valence-corrected chi connectivity index (χ1v) is 16.2. The third kappa shape index (κ3) is 0.171. The maximum absolute atomic E-state index is 6.27. The van der Waals surface area contributed by atoms with Crippen molar-refractivity contribution in [2.75, 3.05) is 12.8 Å². The van der Waals surface area contributed by atoms with Crippen molar-refractivity contribution in [3.05, 3.63) is 36.0 Å². The van der Waals surface area contributed by atoms with Crippen molar-refractivity contribution in [3.8, 4) is 17.0 Å². The SMILES string of the molecule is COc1ccc(-c2cc([C]34[CH]5[CH]6[CH]7[CH]3[Fe]6754389%10[CH]4[CH]3[CH]8[CH]9[CH]4%10)nc(N)n2)cc1. The second-order valence-electron chi connectivity index (χ2n) is 12.9. The van der Waals surface area contributed by atoms with E-state index in [2.05, 4.69) is 23.2 Å². The molecule has 4 unspecified atom stereocenters. The Bertz CT molecular complexity index is 1490. The molecule has 11 heterocycles. The predicted octanol–water partition coefficient (Wildman–Crippen LogP) is 4.53. The number of nitrogen functional groups attached to an aromatic ring is 1. The monoisotopic (exact) mass is 385 g/mol. The number of ether oxygens (including phenoxy) is 1. The Morgan fingerprint density at radius 3 is 2.00 bits per heavy atom. The van der Waals surface area contributed by atoms with Crippen LogP contribution in [0.4, 0.5) is 5.95 Å². The Kier molecular flexibility index (Phi) is 0.489. The number of methoxy groups -OCH3 is 1. The Labute approximate surface area is 140 Å². The van der Waals surface area contributed by atoms with Gasteiger partial charge in [0.05, 0.1) is 0 Å². The molecule has 132 valence electrons. The Morgan fingerprint density at radius 1 is 0.923 bits per heavy atom. The van der Waals surface area contributed by atoms with Crippen LogP contribution < -0.4 is 10.5 Å². The van der Waals surface area contributed by atoms with E-state index in [9.17, 15) is 0 Å². The zero-order valence-electron chi connectivity index (χ0n) is 14.3. The quantitative estimate of drug-likeness (QED) is 0.789. The molecule has 10 fully saturated rings. The molecule has 1 aromatic carbocycles. The number of aromatic nitrogens is 2. The molecular formula is C21H19FeN3O. The van der Waals surface area contributed by atoms with Crippen molar-refractivity contribution < 1.29 is 11.2 Å². The molecular weight excluding hydrogens is 366 g/mol. The zero-order chi connectivity index (χ0) is 16.6. The van der Waals surface area contributed by atoms with Gasteiger partial charge in [-0.25, -0.2) is 0 Å². The van der Waals surface area contributed by atoms with Crippen molar-refractivity contribution in [3.63, 3.8) is 0 Å². The summed E-state index contributed by atoms with van der Waals surface area (Å²) in [5, 5.41) is 0. The van der Waals surface area contributed by atoms with Gasteiger partial charge in [-0.15, -0.1) is 0 Å². The summed E-state index contributed by atoms with van der Waals surface area (Å²) in [6, 6.07) is 10.6. The van der Waals surface area contributed by atoms with Gasteiger partial charge in [0.1, 0.15) is 0 Å². The summed E-state index contributed by atoms with van der Waals surface area (Å²) in [6.45, 7) is -3.20. The number of fused-ring (bicyclic) bond motifs is 10. The van der Waals surface area contributed by atoms with E-state index in [1.807, 2.05) is 12.1 Å². The van der Waals surface area contributed by atoms with Gasteiger partial charge in [0, 0.05) is 0 Å². The number of hydrogen-bond donors (Lipinski definition) is 1. The van der Waals surface area contributed by atoms with Crippen LogP contribution in [0.15, 0.2) is 30.3 Å². The number of anilines is 1. The Hall–Kier alpha value is -1.58. The molecule has 2 aromatic rings. The topological polar surface area (TPSA) is 61.0 Å². The van der Waals surface area contributed by atoms with E-state index in [0.717, 1.165) is 17.0 Å². The molecule has 26 heavy (non-hydrogen) atoms. The van der Waals surface area contributed by atoms with E-state index in [4.69, 9.17) is 15.5 Å². The van der Waals surface area contributed by atoms with Gasteiger partial charge < -0.3 is 0 Å². The predicted molar refractivity (Wildman–Crippen MR) is 93.9 cm³/mol. The van der Waals surface area contributed by atoms with Crippen LogP contribution in [0.1, 0.15) is 5.69 Å². The summed E-state index contributed by atoms with van der Waals surface area (Å²) >= 11 is 0. The van der Waals surface area contributed by atoms with E-state index in [-0.39, 0.29) is 0 Å². The molecule has 4 atom stereocenters. The Balaban J connectivity index is 1.18. The molecule has 10 saturated heterocycles. The van der Waals surface area contributed by atoms with Crippen LogP contribution >= 0.6 is 0 Å². The summed E-state index contributed by atoms with van der Waals surface area (Å²) in [5.74, 6) is 1.37. The van der Waals surface area contributed by atoms with Gasteiger partial charge in [-0.1, -0.05) is 0 Å². The standard InChI is InChI=1S/C16H14N3O.C5H5.Fe/c1-20-13-8-6-12(7-9-13)15-10-14(18-16(17)19-15)11-4-2-3-5-11;1-2-4-5-3-1;/h2-10H,1H3,(H2,17,18,19);1-5H;. The van der Waals surface area contributed by atoms with Gasteiger partial charge in [-0.2, -0.15) is 0 Å². The fraction of sp³-hybridized carbons (Fsp3) is 0.524. The molecule has 0 aliphatic carbocycles. The van der Waals surface area contributed by atoms with E-state index in [1.54, 1.807) is 7.11 Å². The van der Waals surface area contributed by atoms with Crippen LogP contribution in [0.3, 0.4) is 0 Å². The van der Waals surface area contributed by atoms with Gasteiger partial charge in [0.2, 0.25) is 0 Å². The second kappa shape index (κ2) is 1.19. The number of benzene rings is 1. The average Bonchev–Trinajstić information content (AvgIpc) is 3.60. The summed E-state index contributed by atoms with van der Waals surface area (Å²) in [7, 11) is 1.71. The van der Waals surface area contributed by atoms with Gasteiger partial charge >= 0.3 is 141 Å². The fourth-order valence-electron chi connectivity index (χ4n) is 18.5. The fourth-order valence-corrected chi connectivity index (χ4v) is 92.4. The van der Waals surface area contributed by atoms with Crippen LogP contribution in [0, 0.1) is 0 Å². The maximum atomic E-state index is 6.27. The minimum absolute atomic E-state index is 0.490. The van der Waals surface area contributed by atoms with Gasteiger partial charge in [-0.3, -0.25) is 0 Å². The van der Waals surface area contributed by atoms with Crippen molar-refractivity contribution in [1.82, 2.24) is 9.97 Å². The Morgan fingerprint density at radius 2 is 1.54 bits per heavy atom. The second-order valence-corrected chi connectivity index (χ2v) is 36.5. The number of rotatable bonds is 3. The van der Waals surface area contributed by atoms with Gasteiger partial charge in [-0.05, 0) is 0 Å². The average molecular weight is 385 g/mol. The van der Waals surface area contributed by atoms with E-state index >= 15 is 0 Å². The summed E-state index contributed by atoms with van der Waals surface area (Å²) in [5.41, 5.74) is 9.84. The molecule has 10 aliphatic rings. The van der Waals surface area contributed by atoms with Crippen LogP contribution in [-0.2, 0) is 10.8 Å². The molecule has 10 aliphatic heterocycles. The number of nitrogens with zero attached hydrogens (tertiary/aromatic N) is 2. The van der Waals surface area contributed by atoms with Crippen LogP contribution in [-0.4, -0.2) is 17.1 Å². The molecule has 0 radical (unpaired) electrons. The van der Waals surface area contributed by atoms with Crippen LogP contribution in [0.2, 0.25) is 43.3 Å². The summed E-state index contributed by atoms with van der Waals surface area (Å²) in [4.78, 5) is 21.1. The molecule has 5 heteroatoms. The minimum atomic E-state index is -3.20. The number of hydrogen-bond acceptors (Lipinski definition) is 4. The van der Waals surface area contributed by atoms with Gasteiger partial charge in [0.15, 0.2) is 0 Å². The summed E-state index contributed by atoms with van der Waals surface area (Å²) < 4.78 is 5.94. The molecule has 12 rings (SSSR count). The zero-order valence-corrected chi connectivity index (χ0v) is 15.4. The van der Waals surface area contributed by atoms with E-state index < -0.39 is 6.51 Å². The molecule has 0 saturated carbocycles. The van der Waals surface area contributed by atoms with Crippen LogP contribution in [0.5, 0.6) is 5.75 Å². The van der Waals surface area contributed by atoms with Crippen molar-refractivity contribution in [2.45, 2.75) is 47.7 Å². The molecule has 0 amide bonds. The third-order valence-electron chi connectivity index (χ3n) is 17.2. The molecule has 1 aromatic heterocycles. The molecule has 0 bridgehead atoms. The first-order valence-electron chi connectivity index (χ1n) is 9.95. The summed E-state index contributed by atoms with van der Waals surface area (Å²) in [6.07, 6.45) is 0. The molecule has 1 spiro atoms. The van der Waals surface area contributed by atoms with Crippen molar-refractivity contribution in [1.29, 1.82) is 0 Å². The first kappa shape index (κ1) is 10.7. The third-order valence-corrected chi connectivity index (χ3v) is 59.5. The number of nitrogens with two attached hydrogens (primary N) is 1. The van der Waals surface area contributed by atoms with E-state index in [1.165, 1.54) is 49.0 Å². The first-order chi connectivity index (χ1) is 12.4.